The van der Waals surface area contributed by atoms with Crippen LogP contribution >= 0.6 is 0 Å². The van der Waals surface area contributed by atoms with Crippen LogP contribution in [0.15, 0.2) is 24.3 Å². The molecule has 1 atom stereocenters. The summed E-state index contributed by atoms with van der Waals surface area (Å²) in [4.78, 5) is 35.3. The number of benzene rings is 1. The van der Waals surface area contributed by atoms with Crippen LogP contribution in [0.25, 0.3) is 0 Å². The van der Waals surface area contributed by atoms with E-state index in [1.165, 1.54) is 35.5 Å². The Labute approximate surface area is 161 Å². The van der Waals surface area contributed by atoms with Gasteiger partial charge in [-0.15, -0.1) is 0 Å². The van der Waals surface area contributed by atoms with Crippen LogP contribution < -0.4 is 16.0 Å². The van der Waals surface area contributed by atoms with Crippen molar-refractivity contribution in [1.82, 2.24) is 20.3 Å². The van der Waals surface area contributed by atoms with Crippen molar-refractivity contribution in [2.75, 3.05) is 18.8 Å². The molecule has 2 aliphatic rings. The van der Waals surface area contributed by atoms with Crippen molar-refractivity contribution in [3.63, 3.8) is 0 Å². The molecule has 0 aromatic heterocycles. The van der Waals surface area contributed by atoms with E-state index in [0.29, 0.717) is 18.4 Å². The van der Waals surface area contributed by atoms with E-state index in [9.17, 15) is 27.2 Å². The summed E-state index contributed by atoms with van der Waals surface area (Å²) >= 11 is 0. The number of nitrogens with one attached hydrogen (secondary N) is 3. The first-order valence-corrected chi connectivity index (χ1v) is 10.4. The van der Waals surface area contributed by atoms with Gasteiger partial charge in [0.25, 0.3) is 11.8 Å². The van der Waals surface area contributed by atoms with E-state index < -0.39 is 39.1 Å². The quantitative estimate of drug-likeness (QED) is 0.585. The van der Waals surface area contributed by atoms with Gasteiger partial charge in [0.2, 0.25) is 10.0 Å². The fraction of sp³-hybridized carbons (Fsp3) is 0.471. The molecule has 0 aliphatic carbocycles. The topological polar surface area (TPSA) is 125 Å². The van der Waals surface area contributed by atoms with E-state index in [2.05, 4.69) is 10.6 Å². The third-order valence-corrected chi connectivity index (χ3v) is 6.97. The van der Waals surface area contributed by atoms with Gasteiger partial charge in [-0.1, -0.05) is 0 Å². The number of carbonyl (C=O) groups excluding carboxylic acids is 3. The molecular weight excluding hydrogens is 391 g/mol. The molecule has 11 heteroatoms. The first-order chi connectivity index (χ1) is 13.1. The number of halogens is 1. The van der Waals surface area contributed by atoms with Gasteiger partial charge in [-0.3, -0.25) is 14.9 Å². The summed E-state index contributed by atoms with van der Waals surface area (Å²) in [6.07, 6.45) is 0.808. The van der Waals surface area contributed by atoms with Crippen LogP contribution in [0.4, 0.5) is 9.18 Å². The SMILES string of the molecule is C[C@]1(CS(=O)(=O)N2CCC(NC(=O)c3ccc(F)cc3)CC2)NC(=O)NC1=O. The van der Waals surface area contributed by atoms with Crippen molar-refractivity contribution in [2.45, 2.75) is 31.3 Å². The number of hydrogen-bond donors (Lipinski definition) is 3. The van der Waals surface area contributed by atoms with E-state index in [4.69, 9.17) is 0 Å². The normalized spacial score (nSPS) is 23.9. The van der Waals surface area contributed by atoms with Gasteiger partial charge in [0.15, 0.2) is 0 Å². The molecule has 3 N–H and O–H groups in total. The molecule has 4 amide bonds. The van der Waals surface area contributed by atoms with Crippen molar-refractivity contribution in [3.8, 4) is 0 Å². The summed E-state index contributed by atoms with van der Waals surface area (Å²) in [5, 5.41) is 7.20. The van der Waals surface area contributed by atoms with Gasteiger partial charge < -0.3 is 10.6 Å². The van der Waals surface area contributed by atoms with Crippen LogP contribution in [0.3, 0.4) is 0 Å². The summed E-state index contributed by atoms with van der Waals surface area (Å²) in [5.74, 6) is -2.00. The minimum Gasteiger partial charge on any atom is -0.349 e. The van der Waals surface area contributed by atoms with E-state index in [0.717, 1.165) is 0 Å². The Morgan fingerprint density at radius 2 is 1.86 bits per heavy atom. The lowest BCUT2D eigenvalue weighted by molar-refractivity contribution is -0.122. The maximum atomic E-state index is 12.9. The van der Waals surface area contributed by atoms with Gasteiger partial charge in [-0.05, 0) is 44.0 Å². The molecule has 9 nitrogen and oxygen atoms in total. The maximum Gasteiger partial charge on any atom is 0.322 e. The second-order valence-corrected chi connectivity index (χ2v) is 9.12. The molecule has 0 unspecified atom stereocenters. The molecule has 1 aromatic carbocycles. The minimum absolute atomic E-state index is 0.183. The van der Waals surface area contributed by atoms with Crippen LogP contribution in [-0.2, 0) is 14.8 Å². The Balaban J connectivity index is 1.55. The summed E-state index contributed by atoms with van der Waals surface area (Å²) in [6.45, 7) is 1.73. The highest BCUT2D eigenvalue weighted by atomic mass is 32.2. The number of piperidine rings is 1. The van der Waals surface area contributed by atoms with Gasteiger partial charge in [0.1, 0.15) is 11.4 Å². The monoisotopic (exact) mass is 412 g/mol. The number of imide groups is 1. The van der Waals surface area contributed by atoms with Crippen LogP contribution in [0.2, 0.25) is 0 Å². The summed E-state index contributed by atoms with van der Waals surface area (Å²) < 4.78 is 39.5. The van der Waals surface area contributed by atoms with Gasteiger partial charge >= 0.3 is 6.03 Å². The van der Waals surface area contributed by atoms with E-state index in [1.54, 1.807) is 0 Å². The number of hydrogen-bond acceptors (Lipinski definition) is 5. The zero-order valence-corrected chi connectivity index (χ0v) is 16.0. The highest BCUT2D eigenvalue weighted by molar-refractivity contribution is 7.89. The predicted molar refractivity (Wildman–Crippen MR) is 97.3 cm³/mol. The molecule has 2 heterocycles. The first kappa shape index (κ1) is 20.2. The van der Waals surface area contributed by atoms with Crippen LogP contribution in [0.5, 0.6) is 0 Å². The zero-order valence-electron chi connectivity index (χ0n) is 15.2. The van der Waals surface area contributed by atoms with E-state index >= 15 is 0 Å². The Kier molecular flexibility index (Phi) is 5.39. The number of amides is 4. The highest BCUT2D eigenvalue weighted by Gasteiger charge is 2.46. The number of nitrogens with zero attached hydrogens (tertiary/aromatic N) is 1. The molecule has 2 aliphatic heterocycles. The lowest BCUT2D eigenvalue weighted by atomic mass is 10.1. The van der Waals surface area contributed by atoms with Gasteiger partial charge in [-0.2, -0.15) is 0 Å². The zero-order chi connectivity index (χ0) is 20.5. The van der Waals surface area contributed by atoms with Crippen molar-refractivity contribution in [3.05, 3.63) is 35.6 Å². The average Bonchev–Trinajstić information content (AvgIpc) is 2.86. The molecule has 152 valence electrons. The lowest BCUT2D eigenvalue weighted by Gasteiger charge is -2.33. The minimum atomic E-state index is -3.79. The standard InChI is InChI=1S/C17H21FN4O5S/c1-17(15(24)20-16(25)21-17)10-28(26,27)22-8-6-13(7-9-22)19-14(23)11-2-4-12(18)5-3-11/h2-5,13H,6-10H2,1H3,(H,19,23)(H2,20,21,24,25)/t17-/m1/s1. The fourth-order valence-corrected chi connectivity index (χ4v) is 5.17. The van der Waals surface area contributed by atoms with Crippen molar-refractivity contribution < 1.29 is 27.2 Å². The average molecular weight is 412 g/mol. The van der Waals surface area contributed by atoms with Crippen molar-refractivity contribution in [1.29, 1.82) is 0 Å². The van der Waals surface area contributed by atoms with Crippen LogP contribution in [0.1, 0.15) is 30.1 Å². The van der Waals surface area contributed by atoms with Crippen molar-refractivity contribution in [2.24, 2.45) is 0 Å². The molecule has 0 spiro atoms. The van der Waals surface area contributed by atoms with Crippen LogP contribution in [-0.4, -0.2) is 61.0 Å². The van der Waals surface area contributed by atoms with E-state index in [-0.39, 0.29) is 25.0 Å². The largest absolute Gasteiger partial charge is 0.349 e. The van der Waals surface area contributed by atoms with E-state index in [1.807, 2.05) is 5.32 Å². The van der Waals surface area contributed by atoms with Crippen LogP contribution in [0, 0.1) is 5.82 Å². The molecular formula is C17H21FN4O5S. The molecule has 2 saturated heterocycles. The summed E-state index contributed by atoms with van der Waals surface area (Å²) in [7, 11) is -3.79. The third-order valence-electron chi connectivity index (χ3n) is 4.88. The smallest absolute Gasteiger partial charge is 0.322 e. The molecule has 28 heavy (non-hydrogen) atoms. The maximum absolute atomic E-state index is 12.9. The Morgan fingerprint density at radius 1 is 1.25 bits per heavy atom. The second kappa shape index (κ2) is 7.47. The van der Waals surface area contributed by atoms with Crippen molar-refractivity contribution >= 4 is 27.9 Å². The lowest BCUT2D eigenvalue weighted by Crippen LogP contribution is -2.54. The Hall–Kier alpha value is -2.53. The van der Waals surface area contributed by atoms with Gasteiger partial charge in [-0.25, -0.2) is 21.9 Å². The number of carbonyl (C=O) groups is 3. The summed E-state index contributed by atoms with van der Waals surface area (Å²) in [5.41, 5.74) is -1.18. The molecule has 3 rings (SSSR count). The Bertz CT molecular complexity index is 897. The predicted octanol–water partition coefficient (Wildman–Crippen LogP) is -0.0522. The number of urea groups is 1. The molecule has 2 fully saturated rings. The fourth-order valence-electron chi connectivity index (χ4n) is 3.29. The third kappa shape index (κ3) is 4.30. The summed E-state index contributed by atoms with van der Waals surface area (Å²) in [6, 6.07) is 4.22. The Morgan fingerprint density at radius 3 is 2.39 bits per heavy atom. The first-order valence-electron chi connectivity index (χ1n) is 8.77. The highest BCUT2D eigenvalue weighted by Crippen LogP contribution is 2.20. The molecule has 0 bridgehead atoms. The number of rotatable bonds is 5. The molecule has 0 saturated carbocycles. The second-order valence-electron chi connectivity index (χ2n) is 7.15. The van der Waals surface area contributed by atoms with Gasteiger partial charge in [0, 0.05) is 24.7 Å². The molecule has 0 radical (unpaired) electrons. The van der Waals surface area contributed by atoms with Gasteiger partial charge in [0.05, 0.1) is 5.75 Å². The number of sulfonamides is 1. The molecule has 1 aromatic rings.